The van der Waals surface area contributed by atoms with Crippen LogP contribution < -0.4 is 5.32 Å². The Labute approximate surface area is 181 Å². The van der Waals surface area contributed by atoms with Gasteiger partial charge < -0.3 is 10.3 Å². The summed E-state index contributed by atoms with van der Waals surface area (Å²) >= 11 is 0. The molecule has 0 bridgehead atoms. The van der Waals surface area contributed by atoms with Crippen molar-refractivity contribution in [2.45, 2.75) is 19.3 Å². The molecular formula is C23H18FN7O. The second-order valence-corrected chi connectivity index (χ2v) is 7.99. The van der Waals surface area contributed by atoms with Crippen LogP contribution in [-0.2, 0) is 4.79 Å². The molecule has 32 heavy (non-hydrogen) atoms. The maximum Gasteiger partial charge on any atom is 0.227 e. The first kappa shape index (κ1) is 18.6. The van der Waals surface area contributed by atoms with Gasteiger partial charge in [-0.05, 0) is 37.1 Å². The normalized spacial score (nSPS) is 14.0. The quantitative estimate of drug-likeness (QED) is 0.393. The Morgan fingerprint density at radius 2 is 2.06 bits per heavy atom. The van der Waals surface area contributed by atoms with E-state index in [9.17, 15) is 9.18 Å². The molecule has 158 valence electrons. The van der Waals surface area contributed by atoms with Crippen molar-refractivity contribution in [1.29, 1.82) is 0 Å². The van der Waals surface area contributed by atoms with E-state index in [-0.39, 0.29) is 11.8 Å². The molecule has 4 aromatic heterocycles. The van der Waals surface area contributed by atoms with Gasteiger partial charge in [0.1, 0.15) is 11.5 Å². The summed E-state index contributed by atoms with van der Waals surface area (Å²) in [4.78, 5) is 28.4. The zero-order chi connectivity index (χ0) is 21.7. The Hall–Kier alpha value is -4.14. The Bertz CT molecular complexity index is 1450. The van der Waals surface area contributed by atoms with Crippen LogP contribution in [0.5, 0.6) is 0 Å². The van der Waals surface area contributed by atoms with E-state index in [0.717, 1.165) is 24.8 Å². The number of anilines is 1. The van der Waals surface area contributed by atoms with Crippen LogP contribution >= 0.6 is 0 Å². The number of aromatic amines is 2. The summed E-state index contributed by atoms with van der Waals surface area (Å²) in [7, 11) is 0. The third kappa shape index (κ3) is 3.09. The number of aromatic nitrogens is 6. The lowest BCUT2D eigenvalue weighted by molar-refractivity contribution is -0.122. The molecule has 0 atom stereocenters. The molecule has 0 aliphatic heterocycles. The van der Waals surface area contributed by atoms with Gasteiger partial charge in [-0.3, -0.25) is 14.9 Å². The number of fused-ring (bicyclic) bond motifs is 2. The standard InChI is InChI=1S/C23H18FN7O/c24-17-9-19-16(20(31-30-19)22-28-18-5-2-6-26-21(18)29-22)8-15(17)13-7-14(11-25-10-13)27-23(32)12-3-1-4-12/h2,5-12H,1,3-4H2,(H,27,32)(H,30,31)(H,26,28,29). The minimum Gasteiger partial charge on any atom is -0.335 e. The van der Waals surface area contributed by atoms with Crippen LogP contribution in [0, 0.1) is 11.7 Å². The van der Waals surface area contributed by atoms with Crippen molar-refractivity contribution in [1.82, 2.24) is 30.1 Å². The highest BCUT2D eigenvalue weighted by Gasteiger charge is 2.25. The molecule has 4 heterocycles. The van der Waals surface area contributed by atoms with E-state index in [2.05, 4.69) is 35.5 Å². The molecule has 1 aromatic carbocycles. The number of halogens is 1. The molecule has 0 saturated heterocycles. The van der Waals surface area contributed by atoms with Gasteiger partial charge in [0.05, 0.1) is 22.9 Å². The fraction of sp³-hybridized carbons (Fsp3) is 0.174. The number of carbonyl (C=O) groups excluding carboxylic acids is 1. The van der Waals surface area contributed by atoms with Crippen LogP contribution in [0.4, 0.5) is 10.1 Å². The molecule has 1 amide bonds. The summed E-state index contributed by atoms with van der Waals surface area (Å²) in [5.41, 5.74) is 3.98. The number of rotatable bonds is 4. The SMILES string of the molecule is O=C(Nc1cncc(-c2cc3c(-c4nc5ncccc5[nH]4)n[nH]c3cc2F)c1)C1CCC1. The van der Waals surface area contributed by atoms with Crippen LogP contribution in [0.25, 0.3) is 44.7 Å². The number of nitrogens with zero attached hydrogens (tertiary/aromatic N) is 4. The highest BCUT2D eigenvalue weighted by molar-refractivity contribution is 5.96. The topological polar surface area (TPSA) is 112 Å². The zero-order valence-corrected chi connectivity index (χ0v) is 16.9. The lowest BCUT2D eigenvalue weighted by Gasteiger charge is -2.24. The molecule has 5 aromatic rings. The molecule has 0 spiro atoms. The van der Waals surface area contributed by atoms with Gasteiger partial charge >= 0.3 is 0 Å². The monoisotopic (exact) mass is 427 g/mol. The van der Waals surface area contributed by atoms with Crippen molar-refractivity contribution >= 4 is 33.7 Å². The van der Waals surface area contributed by atoms with Crippen LogP contribution in [-0.4, -0.2) is 36.0 Å². The number of amides is 1. The summed E-state index contributed by atoms with van der Waals surface area (Å²) in [6, 6.07) is 8.57. The second-order valence-electron chi connectivity index (χ2n) is 7.99. The van der Waals surface area contributed by atoms with Crippen molar-refractivity contribution < 1.29 is 9.18 Å². The van der Waals surface area contributed by atoms with Gasteiger partial charge in [0.25, 0.3) is 0 Å². The van der Waals surface area contributed by atoms with Gasteiger partial charge in [0.15, 0.2) is 11.5 Å². The van der Waals surface area contributed by atoms with Crippen molar-refractivity contribution in [2.75, 3.05) is 5.32 Å². The number of H-pyrrole nitrogens is 2. The smallest absolute Gasteiger partial charge is 0.227 e. The first-order chi connectivity index (χ1) is 15.7. The molecule has 1 aliphatic rings. The Kier molecular flexibility index (Phi) is 4.20. The number of hydrogen-bond acceptors (Lipinski definition) is 5. The maximum absolute atomic E-state index is 15.0. The summed E-state index contributed by atoms with van der Waals surface area (Å²) in [5.74, 6) is 0.172. The van der Waals surface area contributed by atoms with E-state index in [1.165, 1.54) is 6.07 Å². The van der Waals surface area contributed by atoms with Gasteiger partial charge in [-0.25, -0.2) is 14.4 Å². The Morgan fingerprint density at radius 3 is 2.88 bits per heavy atom. The van der Waals surface area contributed by atoms with Gasteiger partial charge in [-0.15, -0.1) is 0 Å². The van der Waals surface area contributed by atoms with Crippen LogP contribution in [0.3, 0.4) is 0 Å². The average molecular weight is 427 g/mol. The first-order valence-electron chi connectivity index (χ1n) is 10.4. The molecule has 3 N–H and O–H groups in total. The molecule has 0 unspecified atom stereocenters. The third-order valence-corrected chi connectivity index (χ3v) is 5.92. The predicted octanol–water partition coefficient (Wildman–Crippen LogP) is 4.44. The van der Waals surface area contributed by atoms with E-state index in [0.29, 0.717) is 44.9 Å². The molecule has 1 fully saturated rings. The Balaban J connectivity index is 1.40. The largest absolute Gasteiger partial charge is 0.335 e. The molecule has 1 saturated carbocycles. The molecule has 8 nitrogen and oxygen atoms in total. The average Bonchev–Trinajstić information content (AvgIpc) is 3.35. The van der Waals surface area contributed by atoms with Crippen molar-refractivity contribution in [3.8, 4) is 22.6 Å². The lowest BCUT2D eigenvalue weighted by Crippen LogP contribution is -2.28. The summed E-state index contributed by atoms with van der Waals surface area (Å²) < 4.78 is 15.0. The second kappa shape index (κ2) is 7.23. The molecular weight excluding hydrogens is 409 g/mol. The van der Waals surface area contributed by atoms with E-state index in [1.54, 1.807) is 30.7 Å². The van der Waals surface area contributed by atoms with Crippen LogP contribution in [0.15, 0.2) is 48.9 Å². The van der Waals surface area contributed by atoms with Crippen molar-refractivity contribution in [2.24, 2.45) is 5.92 Å². The van der Waals surface area contributed by atoms with E-state index in [4.69, 9.17) is 0 Å². The summed E-state index contributed by atoms with van der Waals surface area (Å²) in [6.45, 7) is 0. The summed E-state index contributed by atoms with van der Waals surface area (Å²) in [6.07, 6.45) is 7.72. The highest BCUT2D eigenvalue weighted by atomic mass is 19.1. The molecule has 9 heteroatoms. The number of pyridine rings is 2. The van der Waals surface area contributed by atoms with Gasteiger partial charge in [0, 0.05) is 40.9 Å². The van der Waals surface area contributed by atoms with E-state index in [1.807, 2.05) is 12.1 Å². The fourth-order valence-corrected chi connectivity index (χ4v) is 3.97. The van der Waals surface area contributed by atoms with E-state index >= 15 is 0 Å². The summed E-state index contributed by atoms with van der Waals surface area (Å²) in [5, 5.41) is 10.8. The van der Waals surface area contributed by atoms with E-state index < -0.39 is 5.82 Å². The third-order valence-electron chi connectivity index (χ3n) is 5.92. The molecule has 6 rings (SSSR count). The highest BCUT2D eigenvalue weighted by Crippen LogP contribution is 2.33. The minimum absolute atomic E-state index is 0.0123. The lowest BCUT2D eigenvalue weighted by atomic mass is 9.85. The van der Waals surface area contributed by atoms with Crippen molar-refractivity contribution in [3.63, 3.8) is 0 Å². The van der Waals surface area contributed by atoms with Crippen molar-refractivity contribution in [3.05, 3.63) is 54.7 Å². The van der Waals surface area contributed by atoms with Crippen LogP contribution in [0.2, 0.25) is 0 Å². The number of nitrogens with one attached hydrogen (secondary N) is 3. The zero-order valence-electron chi connectivity index (χ0n) is 16.9. The minimum atomic E-state index is -0.414. The van der Waals surface area contributed by atoms with Gasteiger partial charge in [0.2, 0.25) is 5.91 Å². The maximum atomic E-state index is 15.0. The Morgan fingerprint density at radius 1 is 1.16 bits per heavy atom. The van der Waals surface area contributed by atoms with Gasteiger partial charge in [-0.2, -0.15) is 5.10 Å². The molecule has 0 radical (unpaired) electrons. The van der Waals surface area contributed by atoms with Crippen LogP contribution in [0.1, 0.15) is 19.3 Å². The number of imidazole rings is 1. The number of benzene rings is 1. The number of carbonyl (C=O) groups is 1. The number of hydrogen-bond donors (Lipinski definition) is 3. The first-order valence-corrected chi connectivity index (χ1v) is 10.4. The predicted molar refractivity (Wildman–Crippen MR) is 118 cm³/mol. The fourth-order valence-electron chi connectivity index (χ4n) is 3.97. The molecule has 1 aliphatic carbocycles. The van der Waals surface area contributed by atoms with Gasteiger partial charge in [-0.1, -0.05) is 6.42 Å².